The number of hydrogen-bond acceptors (Lipinski definition) is 4. The summed E-state index contributed by atoms with van der Waals surface area (Å²) in [5.74, 6) is -0.450. The van der Waals surface area contributed by atoms with Crippen molar-refractivity contribution in [2.24, 2.45) is 0 Å². The molecule has 0 bridgehead atoms. The highest BCUT2D eigenvalue weighted by Gasteiger charge is 2.28. The summed E-state index contributed by atoms with van der Waals surface area (Å²) < 4.78 is 45.9. The van der Waals surface area contributed by atoms with E-state index in [0.29, 0.717) is 11.3 Å². The van der Waals surface area contributed by atoms with Gasteiger partial charge in [-0.15, -0.1) is 0 Å². The maximum atomic E-state index is 12.2. The van der Waals surface area contributed by atoms with Crippen molar-refractivity contribution in [2.45, 2.75) is 32.5 Å². The van der Waals surface area contributed by atoms with Crippen molar-refractivity contribution in [1.29, 1.82) is 0 Å². The molecule has 2 amide bonds. The normalized spacial score (nSPS) is 12.2. The summed E-state index contributed by atoms with van der Waals surface area (Å²) in [6.07, 6.45) is -4.45. The van der Waals surface area contributed by atoms with Crippen LogP contribution in [0.15, 0.2) is 18.2 Å². The first-order valence-corrected chi connectivity index (χ1v) is 7.06. The molecule has 0 aromatic heterocycles. The molecule has 1 rings (SSSR count). The summed E-state index contributed by atoms with van der Waals surface area (Å²) in [5.41, 5.74) is 0.662. The largest absolute Gasteiger partial charge is 0.484 e. The lowest BCUT2D eigenvalue weighted by Gasteiger charge is -2.16. The predicted molar refractivity (Wildman–Crippen MR) is 81.0 cm³/mol. The van der Waals surface area contributed by atoms with Gasteiger partial charge in [0.15, 0.2) is 6.61 Å². The Hall–Kier alpha value is -2.45. The van der Waals surface area contributed by atoms with Gasteiger partial charge in [0.2, 0.25) is 0 Å². The van der Waals surface area contributed by atoms with E-state index < -0.39 is 30.8 Å². The van der Waals surface area contributed by atoms with Gasteiger partial charge in [-0.3, -0.25) is 4.79 Å². The molecule has 0 saturated heterocycles. The number of rotatable bonds is 6. The van der Waals surface area contributed by atoms with Gasteiger partial charge in [0, 0.05) is 17.3 Å². The fourth-order valence-electron chi connectivity index (χ4n) is 1.83. The van der Waals surface area contributed by atoms with Crippen LogP contribution in [0, 0.1) is 6.92 Å². The Kier molecular flexibility index (Phi) is 6.87. The van der Waals surface area contributed by atoms with Crippen LogP contribution in [0.1, 0.15) is 18.9 Å². The van der Waals surface area contributed by atoms with Crippen molar-refractivity contribution in [3.8, 4) is 5.75 Å². The lowest BCUT2D eigenvalue weighted by atomic mass is 10.2. The molecule has 0 fully saturated rings. The maximum Gasteiger partial charge on any atom is 0.422 e. The highest BCUT2D eigenvalue weighted by Crippen LogP contribution is 2.27. The topological polar surface area (TPSA) is 76.7 Å². The van der Waals surface area contributed by atoms with Gasteiger partial charge in [-0.2, -0.15) is 13.2 Å². The second kappa shape index (κ2) is 8.42. The average Bonchev–Trinajstić information content (AvgIpc) is 2.46. The van der Waals surface area contributed by atoms with Crippen LogP contribution in [0.5, 0.6) is 5.75 Å². The lowest BCUT2D eigenvalue weighted by molar-refractivity contribution is -0.153. The molecule has 134 valence electrons. The highest BCUT2D eigenvalue weighted by atomic mass is 19.4. The van der Waals surface area contributed by atoms with E-state index in [4.69, 9.17) is 4.74 Å². The Morgan fingerprint density at radius 2 is 1.96 bits per heavy atom. The van der Waals surface area contributed by atoms with Crippen LogP contribution in [0.3, 0.4) is 0 Å². The lowest BCUT2D eigenvalue weighted by Crippen LogP contribution is -2.37. The Balaban J connectivity index is 2.67. The number of alkyl halides is 3. The second-order valence-electron chi connectivity index (χ2n) is 5.11. The number of hydrogen-bond donors (Lipinski definition) is 2. The van der Waals surface area contributed by atoms with Crippen molar-refractivity contribution in [3.63, 3.8) is 0 Å². The van der Waals surface area contributed by atoms with Gasteiger partial charge in [0.1, 0.15) is 5.75 Å². The number of esters is 1. The number of anilines is 1. The van der Waals surface area contributed by atoms with E-state index in [0.717, 1.165) is 0 Å². The minimum atomic E-state index is -4.45. The molecule has 0 aliphatic carbocycles. The summed E-state index contributed by atoms with van der Waals surface area (Å²) in [5, 5.41) is 5.03. The minimum absolute atomic E-state index is 0.00235. The van der Waals surface area contributed by atoms with E-state index in [2.05, 4.69) is 15.4 Å². The van der Waals surface area contributed by atoms with Crippen LogP contribution >= 0.6 is 0 Å². The second-order valence-corrected chi connectivity index (χ2v) is 5.11. The average molecular weight is 348 g/mol. The van der Waals surface area contributed by atoms with Crippen LogP contribution in [0.25, 0.3) is 0 Å². The molecule has 2 N–H and O–H groups in total. The smallest absolute Gasteiger partial charge is 0.422 e. The number of nitrogens with one attached hydrogen (secondary N) is 2. The van der Waals surface area contributed by atoms with Crippen molar-refractivity contribution in [1.82, 2.24) is 5.32 Å². The molecule has 1 atom stereocenters. The molecule has 1 aromatic carbocycles. The van der Waals surface area contributed by atoms with Gasteiger partial charge < -0.3 is 20.1 Å². The van der Waals surface area contributed by atoms with Gasteiger partial charge in [0.25, 0.3) is 0 Å². The summed E-state index contributed by atoms with van der Waals surface area (Å²) in [6.45, 7) is 1.73. The molecule has 0 saturated carbocycles. The highest BCUT2D eigenvalue weighted by molar-refractivity contribution is 5.91. The molecule has 0 aliphatic heterocycles. The number of carbonyl (C=O) groups is 2. The Morgan fingerprint density at radius 3 is 2.54 bits per heavy atom. The third kappa shape index (κ3) is 6.76. The van der Waals surface area contributed by atoms with E-state index in [1.165, 1.54) is 32.2 Å². The third-order valence-corrected chi connectivity index (χ3v) is 3.00. The zero-order valence-electron chi connectivity index (χ0n) is 13.5. The van der Waals surface area contributed by atoms with Crippen LogP contribution in [-0.2, 0) is 9.53 Å². The summed E-state index contributed by atoms with van der Waals surface area (Å²) in [7, 11) is 1.24. The fraction of sp³-hybridized carbons (Fsp3) is 0.467. The van der Waals surface area contributed by atoms with E-state index in [9.17, 15) is 22.8 Å². The van der Waals surface area contributed by atoms with E-state index in [1.54, 1.807) is 6.92 Å². The first-order valence-electron chi connectivity index (χ1n) is 7.06. The number of ether oxygens (including phenoxy) is 2. The number of methoxy groups -OCH3 is 1. The summed E-state index contributed by atoms with van der Waals surface area (Å²) in [4.78, 5) is 23.0. The van der Waals surface area contributed by atoms with Crippen molar-refractivity contribution >= 4 is 17.7 Å². The number of halogens is 3. The van der Waals surface area contributed by atoms with Crippen molar-refractivity contribution in [2.75, 3.05) is 19.0 Å². The molecule has 6 nitrogen and oxygen atoms in total. The van der Waals surface area contributed by atoms with Crippen molar-refractivity contribution in [3.05, 3.63) is 23.8 Å². The van der Waals surface area contributed by atoms with Crippen molar-refractivity contribution < 1.29 is 32.2 Å². The maximum absolute atomic E-state index is 12.2. The molecule has 0 spiro atoms. The van der Waals surface area contributed by atoms with Gasteiger partial charge in [-0.05, 0) is 26.0 Å². The third-order valence-electron chi connectivity index (χ3n) is 3.00. The molecule has 0 radical (unpaired) electrons. The van der Waals surface area contributed by atoms with Crippen LogP contribution in [0.4, 0.5) is 23.7 Å². The monoisotopic (exact) mass is 348 g/mol. The molecule has 24 heavy (non-hydrogen) atoms. The molecule has 0 heterocycles. The first kappa shape index (κ1) is 19.6. The van der Waals surface area contributed by atoms with Crippen LogP contribution in [-0.4, -0.2) is 37.9 Å². The van der Waals surface area contributed by atoms with E-state index in [-0.39, 0.29) is 12.2 Å². The zero-order chi connectivity index (χ0) is 18.3. The Labute approximate surface area is 137 Å². The summed E-state index contributed by atoms with van der Waals surface area (Å²) in [6, 6.07) is 3.31. The predicted octanol–water partition coefficient (Wildman–Crippen LogP) is 3.01. The Morgan fingerprint density at radius 1 is 1.29 bits per heavy atom. The SMILES string of the molecule is COC(=O)CC(C)NC(=O)Nc1cccc(OCC(F)(F)F)c1C. The van der Waals surface area contributed by atoms with Gasteiger partial charge in [-0.25, -0.2) is 4.79 Å². The van der Waals surface area contributed by atoms with E-state index >= 15 is 0 Å². The fourth-order valence-corrected chi connectivity index (χ4v) is 1.83. The molecule has 1 aromatic rings. The van der Waals surface area contributed by atoms with Gasteiger partial charge >= 0.3 is 18.2 Å². The number of amides is 2. The Bertz CT molecular complexity index is 591. The van der Waals surface area contributed by atoms with Crippen LogP contribution < -0.4 is 15.4 Å². The molecule has 1 unspecified atom stereocenters. The number of urea groups is 1. The number of benzene rings is 1. The standard InChI is InChI=1S/C15H19F3N2O4/c1-9(7-13(21)23-3)19-14(22)20-11-5-4-6-12(10(11)2)24-8-15(16,17)18/h4-6,9H,7-8H2,1-3H3,(H2,19,20,22). The molecule has 9 heteroatoms. The summed E-state index contributed by atoms with van der Waals surface area (Å²) >= 11 is 0. The zero-order valence-corrected chi connectivity index (χ0v) is 13.5. The molecule has 0 aliphatic rings. The van der Waals surface area contributed by atoms with Gasteiger partial charge in [-0.1, -0.05) is 6.07 Å². The first-order chi connectivity index (χ1) is 11.1. The quantitative estimate of drug-likeness (QED) is 0.775. The molecular formula is C15H19F3N2O4. The van der Waals surface area contributed by atoms with E-state index in [1.807, 2.05) is 0 Å². The van der Waals surface area contributed by atoms with Gasteiger partial charge in [0.05, 0.1) is 13.5 Å². The molecular weight excluding hydrogens is 329 g/mol. The number of carbonyl (C=O) groups excluding carboxylic acids is 2. The minimum Gasteiger partial charge on any atom is -0.484 e. The van der Waals surface area contributed by atoms with Crippen LogP contribution in [0.2, 0.25) is 0 Å².